The van der Waals surface area contributed by atoms with Gasteiger partial charge < -0.3 is 10.1 Å². The smallest absolute Gasteiger partial charge is 0.428 e. The maximum atomic E-state index is 13.4. The van der Waals surface area contributed by atoms with Crippen LogP contribution in [0.15, 0.2) is 48.8 Å². The van der Waals surface area contributed by atoms with E-state index in [4.69, 9.17) is 0 Å². The number of amides is 1. The molecule has 1 aromatic heterocycles. The largest absolute Gasteiger partial charge is 0.471 e. The number of rotatable bonds is 6. The van der Waals surface area contributed by atoms with Crippen molar-refractivity contribution in [3.63, 3.8) is 0 Å². The molecule has 0 radical (unpaired) electrons. The van der Waals surface area contributed by atoms with Crippen LogP contribution in [0.4, 0.5) is 45.2 Å². The maximum Gasteiger partial charge on any atom is 0.471 e. The van der Waals surface area contributed by atoms with Crippen molar-refractivity contribution in [3.8, 4) is 5.75 Å². The van der Waals surface area contributed by atoms with Gasteiger partial charge in [-0.2, -0.15) is 39.5 Å². The van der Waals surface area contributed by atoms with E-state index in [1.165, 1.54) is 24.5 Å². The zero-order valence-electron chi connectivity index (χ0n) is 14.2. The lowest BCUT2D eigenvalue weighted by Crippen LogP contribution is -2.62. The minimum Gasteiger partial charge on any atom is -0.428 e. The number of anilines is 1. The normalized spacial score (nSPS) is 12.7. The van der Waals surface area contributed by atoms with Crippen LogP contribution < -0.4 is 10.1 Å². The number of carbonyl (C=O) groups is 1. The highest BCUT2D eigenvalue weighted by Gasteiger charge is 2.83. The molecule has 0 saturated heterocycles. The van der Waals surface area contributed by atoms with E-state index in [0.29, 0.717) is 12.1 Å². The highest BCUT2D eigenvalue weighted by Crippen LogP contribution is 2.53. The molecule has 0 spiro atoms. The Labute approximate surface area is 168 Å². The number of aromatic nitrogens is 1. The second kappa shape index (κ2) is 8.58. The van der Waals surface area contributed by atoms with Crippen molar-refractivity contribution >= 4 is 24.0 Å². The molecule has 2 aromatic rings. The van der Waals surface area contributed by atoms with Crippen LogP contribution in [0.5, 0.6) is 5.75 Å². The van der Waals surface area contributed by atoms with Crippen molar-refractivity contribution in [1.82, 2.24) is 4.98 Å². The number of pyridine rings is 1. The lowest BCUT2D eigenvalue weighted by molar-refractivity contribution is -0.428. The van der Waals surface area contributed by atoms with Gasteiger partial charge in [-0.3, -0.25) is 9.78 Å². The SMILES string of the molecule is Cl.O=C(Nc1ccc(OC(F)(F)C(F)(F)C(F)(F)C(F)(F)F)cc1)c1ccncc1. The van der Waals surface area contributed by atoms with Gasteiger partial charge in [0, 0.05) is 23.6 Å². The molecule has 1 N–H and O–H groups in total. The van der Waals surface area contributed by atoms with Crippen LogP contribution in [-0.2, 0) is 0 Å². The number of carbonyl (C=O) groups excluding carboxylic acids is 1. The number of ether oxygens (including phenoxy) is 1. The molecule has 0 aliphatic rings. The lowest BCUT2D eigenvalue weighted by atomic mass is 10.1. The fraction of sp³-hybridized carbons (Fsp3) is 0.250. The van der Waals surface area contributed by atoms with Gasteiger partial charge in [-0.1, -0.05) is 0 Å². The molecule has 166 valence electrons. The zero-order chi connectivity index (χ0) is 22.1. The molecular weight excluding hydrogens is 459 g/mol. The Morgan fingerprint density at radius 3 is 1.77 bits per heavy atom. The molecular formula is C16H10ClF9N2O2. The van der Waals surface area contributed by atoms with Gasteiger partial charge in [0.15, 0.2) is 0 Å². The van der Waals surface area contributed by atoms with E-state index in [-0.39, 0.29) is 23.7 Å². The fourth-order valence-corrected chi connectivity index (χ4v) is 1.89. The van der Waals surface area contributed by atoms with E-state index in [2.05, 4.69) is 15.0 Å². The summed E-state index contributed by atoms with van der Waals surface area (Å²) in [6.07, 6.45) is -10.5. The Morgan fingerprint density at radius 1 is 0.800 bits per heavy atom. The minimum absolute atomic E-state index is 0. The first-order valence-electron chi connectivity index (χ1n) is 7.39. The fourth-order valence-electron chi connectivity index (χ4n) is 1.89. The third-order valence-electron chi connectivity index (χ3n) is 3.42. The van der Waals surface area contributed by atoms with E-state index in [1.54, 1.807) is 0 Å². The van der Waals surface area contributed by atoms with Crippen LogP contribution in [0.25, 0.3) is 0 Å². The third-order valence-corrected chi connectivity index (χ3v) is 3.42. The molecule has 1 heterocycles. The summed E-state index contributed by atoms with van der Waals surface area (Å²) in [5.41, 5.74) is 0.135. The Balaban J connectivity index is 0.00000450. The molecule has 0 bridgehead atoms. The van der Waals surface area contributed by atoms with Crippen molar-refractivity contribution in [2.75, 3.05) is 5.32 Å². The molecule has 0 aliphatic carbocycles. The third kappa shape index (κ3) is 4.89. The average molecular weight is 469 g/mol. The zero-order valence-corrected chi connectivity index (χ0v) is 15.0. The highest BCUT2D eigenvalue weighted by molar-refractivity contribution is 6.04. The van der Waals surface area contributed by atoms with Crippen LogP contribution in [-0.4, -0.2) is 35.0 Å². The number of halogens is 10. The molecule has 4 nitrogen and oxygen atoms in total. The van der Waals surface area contributed by atoms with Gasteiger partial charge in [0.25, 0.3) is 5.91 Å². The summed E-state index contributed by atoms with van der Waals surface area (Å²) in [6.45, 7) is 0. The summed E-state index contributed by atoms with van der Waals surface area (Å²) in [5, 5.41) is 2.30. The second-order valence-corrected chi connectivity index (χ2v) is 5.48. The molecule has 1 aromatic carbocycles. The number of alkyl halides is 9. The Bertz CT molecular complexity index is 859. The van der Waals surface area contributed by atoms with E-state index in [1.807, 2.05) is 0 Å². The van der Waals surface area contributed by atoms with Crippen molar-refractivity contribution in [2.45, 2.75) is 24.1 Å². The second-order valence-electron chi connectivity index (χ2n) is 5.48. The van der Waals surface area contributed by atoms with E-state index in [0.717, 1.165) is 12.1 Å². The molecule has 2 rings (SSSR count). The van der Waals surface area contributed by atoms with Crippen LogP contribution in [0.3, 0.4) is 0 Å². The number of hydrogen-bond donors (Lipinski definition) is 1. The van der Waals surface area contributed by atoms with Crippen molar-refractivity contribution in [3.05, 3.63) is 54.4 Å². The van der Waals surface area contributed by atoms with Crippen LogP contribution >= 0.6 is 12.4 Å². The van der Waals surface area contributed by atoms with Crippen LogP contribution in [0, 0.1) is 0 Å². The van der Waals surface area contributed by atoms with Crippen molar-refractivity contribution in [1.29, 1.82) is 0 Å². The molecule has 0 fully saturated rings. The Kier molecular flexibility index (Phi) is 7.24. The summed E-state index contributed by atoms with van der Waals surface area (Å²) in [4.78, 5) is 15.6. The highest BCUT2D eigenvalue weighted by atomic mass is 35.5. The van der Waals surface area contributed by atoms with Crippen molar-refractivity contribution in [2.24, 2.45) is 0 Å². The monoisotopic (exact) mass is 468 g/mol. The summed E-state index contributed by atoms with van der Waals surface area (Å²) in [7, 11) is 0. The topological polar surface area (TPSA) is 51.2 Å². The van der Waals surface area contributed by atoms with E-state index >= 15 is 0 Å². The van der Waals surface area contributed by atoms with Gasteiger partial charge in [0.1, 0.15) is 5.75 Å². The van der Waals surface area contributed by atoms with Gasteiger partial charge in [0.2, 0.25) is 0 Å². The molecule has 0 saturated carbocycles. The number of nitrogens with one attached hydrogen (secondary N) is 1. The number of benzene rings is 1. The molecule has 0 aliphatic heterocycles. The first kappa shape index (κ1) is 25.3. The van der Waals surface area contributed by atoms with Gasteiger partial charge >= 0.3 is 24.1 Å². The minimum atomic E-state index is -7.05. The van der Waals surface area contributed by atoms with Crippen LogP contribution in [0.1, 0.15) is 10.4 Å². The standard InChI is InChI=1S/C16H9F9N2O2.ClH/c17-13(18,15(21,22)23)14(19,20)16(24,25)29-11-3-1-10(2-4-11)27-12(28)9-5-7-26-8-6-9;/h1-8H,(H,27,28);1H. The first-order chi connectivity index (χ1) is 13.2. The Morgan fingerprint density at radius 2 is 1.30 bits per heavy atom. The molecule has 1 amide bonds. The van der Waals surface area contributed by atoms with Crippen molar-refractivity contribution < 1.29 is 49.0 Å². The quantitative estimate of drug-likeness (QED) is 0.565. The first-order valence-corrected chi connectivity index (χ1v) is 7.39. The Hall–Kier alpha value is -2.70. The summed E-state index contributed by atoms with van der Waals surface area (Å²) < 4.78 is 118. The molecule has 30 heavy (non-hydrogen) atoms. The van der Waals surface area contributed by atoms with Crippen LogP contribution in [0.2, 0.25) is 0 Å². The summed E-state index contributed by atoms with van der Waals surface area (Å²) >= 11 is 0. The number of nitrogens with zero attached hydrogens (tertiary/aromatic N) is 1. The maximum absolute atomic E-state index is 13.4. The van der Waals surface area contributed by atoms with E-state index < -0.39 is 35.8 Å². The summed E-state index contributed by atoms with van der Waals surface area (Å²) in [6, 6.07) is 5.58. The van der Waals surface area contributed by atoms with E-state index in [9.17, 15) is 44.3 Å². The van der Waals surface area contributed by atoms with Gasteiger partial charge in [-0.15, -0.1) is 12.4 Å². The lowest BCUT2D eigenvalue weighted by Gasteiger charge is -2.33. The van der Waals surface area contributed by atoms with Gasteiger partial charge in [0.05, 0.1) is 0 Å². The van der Waals surface area contributed by atoms with Gasteiger partial charge in [-0.25, -0.2) is 0 Å². The molecule has 0 unspecified atom stereocenters. The summed E-state index contributed by atoms with van der Waals surface area (Å²) in [5.74, 6) is -15.7. The predicted molar refractivity (Wildman–Crippen MR) is 87.4 cm³/mol. The predicted octanol–water partition coefficient (Wildman–Crippen LogP) is 5.56. The molecule has 14 heteroatoms. The van der Waals surface area contributed by atoms with Gasteiger partial charge in [-0.05, 0) is 36.4 Å². The number of hydrogen-bond acceptors (Lipinski definition) is 3. The molecule has 0 atom stereocenters. The average Bonchev–Trinajstić information content (AvgIpc) is 2.62.